The summed E-state index contributed by atoms with van der Waals surface area (Å²) in [5.41, 5.74) is 5.47. The molecule has 1 heterocycles. The van der Waals surface area contributed by atoms with Gasteiger partial charge in [0, 0.05) is 13.0 Å². The van der Waals surface area contributed by atoms with Gasteiger partial charge in [-0.2, -0.15) is 0 Å². The highest BCUT2D eigenvalue weighted by molar-refractivity contribution is 5.76. The summed E-state index contributed by atoms with van der Waals surface area (Å²) in [6.07, 6.45) is 3.61. The highest BCUT2D eigenvalue weighted by Gasteiger charge is 2.25. The Morgan fingerprint density at radius 1 is 1.56 bits per heavy atom. The zero-order valence-corrected chi connectivity index (χ0v) is 10.4. The van der Waals surface area contributed by atoms with Crippen LogP contribution in [0, 0.1) is 5.92 Å². The maximum absolute atomic E-state index is 11.7. The molecule has 1 amide bonds. The molecule has 16 heavy (non-hydrogen) atoms. The first-order chi connectivity index (χ1) is 7.63. The predicted molar refractivity (Wildman–Crippen MR) is 64.0 cm³/mol. The van der Waals surface area contributed by atoms with Crippen LogP contribution in [0.4, 0.5) is 0 Å². The van der Waals surface area contributed by atoms with E-state index in [9.17, 15) is 4.79 Å². The van der Waals surface area contributed by atoms with Gasteiger partial charge in [-0.3, -0.25) is 4.79 Å². The molecular weight excluding hydrogens is 204 g/mol. The van der Waals surface area contributed by atoms with Crippen LogP contribution in [0.3, 0.4) is 0 Å². The lowest BCUT2D eigenvalue weighted by atomic mass is 10.0. The SMILES string of the molecule is CC(CCN)CCC(=O)NC1CCOC1C. The van der Waals surface area contributed by atoms with Crippen LogP contribution in [0.1, 0.15) is 39.5 Å². The first-order valence-corrected chi connectivity index (χ1v) is 6.24. The van der Waals surface area contributed by atoms with Crippen molar-refractivity contribution in [1.82, 2.24) is 5.32 Å². The second kappa shape index (κ2) is 6.86. The van der Waals surface area contributed by atoms with Gasteiger partial charge in [0.2, 0.25) is 5.91 Å². The van der Waals surface area contributed by atoms with Crippen molar-refractivity contribution >= 4 is 5.91 Å². The van der Waals surface area contributed by atoms with Crippen LogP contribution in [-0.4, -0.2) is 31.2 Å². The summed E-state index contributed by atoms with van der Waals surface area (Å²) in [6, 6.07) is 0.206. The zero-order chi connectivity index (χ0) is 12.0. The summed E-state index contributed by atoms with van der Waals surface area (Å²) in [4.78, 5) is 11.7. The van der Waals surface area contributed by atoms with Gasteiger partial charge in [-0.1, -0.05) is 6.92 Å². The Balaban J connectivity index is 2.15. The van der Waals surface area contributed by atoms with Gasteiger partial charge >= 0.3 is 0 Å². The van der Waals surface area contributed by atoms with Gasteiger partial charge < -0.3 is 15.8 Å². The lowest BCUT2D eigenvalue weighted by Gasteiger charge is -2.16. The Hall–Kier alpha value is -0.610. The van der Waals surface area contributed by atoms with Gasteiger partial charge in [-0.15, -0.1) is 0 Å². The minimum absolute atomic E-state index is 0.145. The quantitative estimate of drug-likeness (QED) is 0.714. The maximum Gasteiger partial charge on any atom is 0.220 e. The van der Waals surface area contributed by atoms with E-state index in [-0.39, 0.29) is 18.1 Å². The van der Waals surface area contributed by atoms with E-state index >= 15 is 0 Å². The highest BCUT2D eigenvalue weighted by Crippen LogP contribution is 2.14. The van der Waals surface area contributed by atoms with E-state index in [4.69, 9.17) is 10.5 Å². The highest BCUT2D eigenvalue weighted by atomic mass is 16.5. The van der Waals surface area contributed by atoms with Crippen molar-refractivity contribution < 1.29 is 9.53 Å². The number of hydrogen-bond acceptors (Lipinski definition) is 3. The standard InChI is InChI=1S/C12H24N2O2/c1-9(5-7-13)3-4-12(15)14-11-6-8-16-10(11)2/h9-11H,3-8,13H2,1-2H3,(H,14,15). The molecule has 0 aromatic carbocycles. The third-order valence-electron chi connectivity index (χ3n) is 3.25. The topological polar surface area (TPSA) is 64.4 Å². The number of ether oxygens (including phenoxy) is 1. The zero-order valence-electron chi connectivity index (χ0n) is 10.4. The van der Waals surface area contributed by atoms with Crippen LogP contribution in [0.5, 0.6) is 0 Å². The van der Waals surface area contributed by atoms with Crippen molar-refractivity contribution in [3.8, 4) is 0 Å². The van der Waals surface area contributed by atoms with Crippen molar-refractivity contribution in [2.24, 2.45) is 11.7 Å². The molecule has 0 spiro atoms. The van der Waals surface area contributed by atoms with Crippen LogP contribution < -0.4 is 11.1 Å². The van der Waals surface area contributed by atoms with Crippen molar-refractivity contribution in [2.45, 2.75) is 51.7 Å². The molecule has 0 aromatic heterocycles. The van der Waals surface area contributed by atoms with E-state index in [0.717, 1.165) is 25.9 Å². The fourth-order valence-corrected chi connectivity index (χ4v) is 2.01. The molecule has 0 bridgehead atoms. The number of rotatable bonds is 6. The minimum atomic E-state index is 0.145. The average molecular weight is 228 g/mol. The smallest absolute Gasteiger partial charge is 0.220 e. The lowest BCUT2D eigenvalue weighted by molar-refractivity contribution is -0.122. The molecule has 0 radical (unpaired) electrons. The predicted octanol–water partition coefficient (Wildman–Crippen LogP) is 1.05. The molecule has 3 unspecified atom stereocenters. The summed E-state index contributed by atoms with van der Waals surface area (Å²) in [5, 5.41) is 3.03. The Bertz CT molecular complexity index is 221. The number of carbonyl (C=O) groups is 1. The monoisotopic (exact) mass is 228 g/mol. The molecule has 4 heteroatoms. The summed E-state index contributed by atoms with van der Waals surface area (Å²) >= 11 is 0. The van der Waals surface area contributed by atoms with Crippen molar-refractivity contribution in [1.29, 1.82) is 0 Å². The maximum atomic E-state index is 11.7. The first kappa shape index (κ1) is 13.5. The molecule has 0 aliphatic carbocycles. The van der Waals surface area contributed by atoms with Crippen LogP contribution in [0.2, 0.25) is 0 Å². The van der Waals surface area contributed by atoms with E-state index < -0.39 is 0 Å². The van der Waals surface area contributed by atoms with E-state index in [2.05, 4.69) is 12.2 Å². The largest absolute Gasteiger partial charge is 0.376 e. The number of nitrogens with two attached hydrogens (primary N) is 1. The molecule has 0 saturated carbocycles. The minimum Gasteiger partial charge on any atom is -0.376 e. The van der Waals surface area contributed by atoms with Gasteiger partial charge in [-0.25, -0.2) is 0 Å². The summed E-state index contributed by atoms with van der Waals surface area (Å²) in [6.45, 7) is 5.61. The molecule has 4 nitrogen and oxygen atoms in total. The molecule has 3 N–H and O–H groups in total. The molecule has 3 atom stereocenters. The van der Waals surface area contributed by atoms with Gasteiger partial charge in [-0.05, 0) is 38.6 Å². The van der Waals surface area contributed by atoms with E-state index in [0.29, 0.717) is 18.9 Å². The molecule has 1 aliphatic rings. The van der Waals surface area contributed by atoms with Gasteiger partial charge in [0.15, 0.2) is 0 Å². The van der Waals surface area contributed by atoms with Gasteiger partial charge in [0.25, 0.3) is 0 Å². The van der Waals surface area contributed by atoms with Crippen molar-refractivity contribution in [3.05, 3.63) is 0 Å². The molecule has 94 valence electrons. The lowest BCUT2D eigenvalue weighted by Crippen LogP contribution is -2.39. The number of hydrogen-bond donors (Lipinski definition) is 2. The Morgan fingerprint density at radius 3 is 2.88 bits per heavy atom. The molecule has 1 rings (SSSR count). The normalized spacial score (nSPS) is 26.7. The molecule has 1 fully saturated rings. The van der Waals surface area contributed by atoms with Crippen LogP contribution in [-0.2, 0) is 9.53 Å². The molecule has 1 saturated heterocycles. The van der Waals surface area contributed by atoms with E-state index in [1.807, 2.05) is 6.92 Å². The second-order valence-electron chi connectivity index (χ2n) is 4.76. The fourth-order valence-electron chi connectivity index (χ4n) is 2.01. The molecular formula is C12H24N2O2. The third-order valence-corrected chi connectivity index (χ3v) is 3.25. The summed E-state index contributed by atoms with van der Waals surface area (Å²) in [5.74, 6) is 0.680. The summed E-state index contributed by atoms with van der Waals surface area (Å²) in [7, 11) is 0. The Labute approximate surface area is 97.9 Å². The fraction of sp³-hybridized carbons (Fsp3) is 0.917. The average Bonchev–Trinajstić information content (AvgIpc) is 2.62. The van der Waals surface area contributed by atoms with Gasteiger partial charge in [0.1, 0.15) is 0 Å². The second-order valence-corrected chi connectivity index (χ2v) is 4.76. The van der Waals surface area contributed by atoms with Crippen LogP contribution >= 0.6 is 0 Å². The van der Waals surface area contributed by atoms with Gasteiger partial charge in [0.05, 0.1) is 12.1 Å². The summed E-state index contributed by atoms with van der Waals surface area (Å²) < 4.78 is 5.40. The van der Waals surface area contributed by atoms with Crippen molar-refractivity contribution in [3.63, 3.8) is 0 Å². The third kappa shape index (κ3) is 4.49. The molecule has 0 aromatic rings. The number of carbonyl (C=O) groups excluding carboxylic acids is 1. The number of amides is 1. The van der Waals surface area contributed by atoms with E-state index in [1.165, 1.54) is 0 Å². The molecule has 1 aliphatic heterocycles. The Kier molecular flexibility index (Phi) is 5.77. The van der Waals surface area contributed by atoms with Crippen LogP contribution in [0.25, 0.3) is 0 Å². The van der Waals surface area contributed by atoms with Crippen LogP contribution in [0.15, 0.2) is 0 Å². The first-order valence-electron chi connectivity index (χ1n) is 6.24. The van der Waals surface area contributed by atoms with E-state index in [1.54, 1.807) is 0 Å². The Morgan fingerprint density at radius 2 is 2.31 bits per heavy atom. The van der Waals surface area contributed by atoms with Crippen molar-refractivity contribution in [2.75, 3.05) is 13.2 Å². The number of nitrogens with one attached hydrogen (secondary N) is 1.